The van der Waals surface area contributed by atoms with Crippen molar-refractivity contribution in [3.63, 3.8) is 0 Å². The second kappa shape index (κ2) is 5.88. The molecule has 0 aliphatic heterocycles. The van der Waals surface area contributed by atoms with E-state index in [1.54, 1.807) is 23.5 Å². The molecule has 0 amide bonds. The third-order valence-electron chi connectivity index (χ3n) is 2.48. The molecule has 1 heterocycles. The number of H-pyrrole nitrogens is 1. The van der Waals surface area contributed by atoms with Crippen molar-refractivity contribution in [3.8, 4) is 16.3 Å². The first kappa shape index (κ1) is 13.6. The van der Waals surface area contributed by atoms with Crippen LogP contribution in [0.15, 0.2) is 48.5 Å². The first-order valence-corrected chi connectivity index (χ1v) is 5.83. The Kier molecular flexibility index (Phi) is 4.71. The van der Waals surface area contributed by atoms with E-state index in [0.717, 1.165) is 16.1 Å². The van der Waals surface area contributed by atoms with Gasteiger partial charge in [0.15, 0.2) is 0 Å². The maximum atomic E-state index is 11.7. The summed E-state index contributed by atoms with van der Waals surface area (Å²) in [6.45, 7) is 0. The summed E-state index contributed by atoms with van der Waals surface area (Å²) in [5.41, 5.74) is 1.81. The van der Waals surface area contributed by atoms with Gasteiger partial charge in [-0.1, -0.05) is 47.4 Å². The first-order valence-electron chi connectivity index (χ1n) is 5.02. The van der Waals surface area contributed by atoms with E-state index in [1.807, 2.05) is 36.4 Å². The van der Waals surface area contributed by atoms with Gasteiger partial charge in [0.25, 0.3) is 5.01 Å². The van der Waals surface area contributed by atoms with Gasteiger partial charge in [-0.05, 0) is 12.1 Å². The topological polar surface area (TPSA) is 37.2 Å². The van der Waals surface area contributed by atoms with Crippen LogP contribution in [-0.4, -0.2) is 0 Å². The van der Waals surface area contributed by atoms with Gasteiger partial charge in [0, 0.05) is 11.6 Å². The number of aromatic amines is 1. The quantitative estimate of drug-likeness (QED) is 0.575. The summed E-state index contributed by atoms with van der Waals surface area (Å²) in [6.07, 6.45) is 0. The Bertz CT molecular complexity index is 617. The van der Waals surface area contributed by atoms with Crippen molar-refractivity contribution < 1.29 is 79.0 Å². The van der Waals surface area contributed by atoms with Gasteiger partial charge in [0.2, 0.25) is 5.52 Å². The van der Waals surface area contributed by atoms with Crippen molar-refractivity contribution in [3.05, 3.63) is 48.5 Å². The first-order chi connectivity index (χ1) is 7.84. The van der Waals surface area contributed by atoms with E-state index in [9.17, 15) is 5.11 Å². The maximum Gasteiger partial charge on any atom is 1.00 e. The number of aromatic nitrogens is 1. The molecule has 0 spiro atoms. The molecule has 1 N–H and O–H groups in total. The Morgan fingerprint density at radius 3 is 2.41 bits per heavy atom. The second-order valence-corrected chi connectivity index (χ2v) is 4.60. The Morgan fingerprint density at radius 1 is 0.941 bits per heavy atom. The molecule has 0 aliphatic rings. The van der Waals surface area contributed by atoms with E-state index in [1.165, 1.54) is 4.70 Å². The Balaban J connectivity index is 0.00000108. The zero-order valence-electron chi connectivity index (χ0n) is 9.44. The second-order valence-electron chi connectivity index (χ2n) is 3.55. The summed E-state index contributed by atoms with van der Waals surface area (Å²) in [5, 5.41) is 12.6. The van der Waals surface area contributed by atoms with E-state index in [0.29, 0.717) is 0 Å². The van der Waals surface area contributed by atoms with Crippen molar-refractivity contribution in [1.29, 1.82) is 0 Å². The molecule has 0 bridgehead atoms. The molecule has 0 radical (unpaired) electrons. The fourth-order valence-electron chi connectivity index (χ4n) is 1.69. The standard InChI is InChI=1S/C13H9NOS.Cs/c15-11-7-3-1-5-9(11)13-14-10-6-2-4-8-12(10)16-13;/h1-8,15H;/q;+1. The number of fused-ring (bicyclic) bond motifs is 1. The summed E-state index contributed by atoms with van der Waals surface area (Å²) >= 11 is 1.61. The van der Waals surface area contributed by atoms with Crippen molar-refractivity contribution in [2.24, 2.45) is 0 Å². The largest absolute Gasteiger partial charge is 1.00 e. The van der Waals surface area contributed by atoms with E-state index in [-0.39, 0.29) is 74.6 Å². The molecule has 0 saturated heterocycles. The molecule has 0 fully saturated rings. The van der Waals surface area contributed by atoms with Crippen molar-refractivity contribution in [1.82, 2.24) is 0 Å². The van der Waals surface area contributed by atoms with Crippen LogP contribution in [0.5, 0.6) is 5.75 Å². The van der Waals surface area contributed by atoms with Gasteiger partial charge < -0.3 is 5.11 Å². The fourth-order valence-corrected chi connectivity index (χ4v) is 2.73. The van der Waals surface area contributed by atoms with Crippen LogP contribution in [0.4, 0.5) is 0 Å². The van der Waals surface area contributed by atoms with Gasteiger partial charge in [-0.3, -0.25) is 0 Å². The monoisotopic (exact) mass is 360 g/mol. The van der Waals surface area contributed by atoms with Crippen LogP contribution in [-0.2, 0) is 0 Å². The number of hydrogen-bond acceptors (Lipinski definition) is 2. The minimum absolute atomic E-state index is 0. The Morgan fingerprint density at radius 2 is 1.65 bits per heavy atom. The number of hydrogen-bond donors (Lipinski definition) is 0. The van der Waals surface area contributed by atoms with Gasteiger partial charge in [0.1, 0.15) is 4.70 Å². The summed E-state index contributed by atoms with van der Waals surface area (Å²) in [6, 6.07) is 15.1. The molecule has 4 heteroatoms. The van der Waals surface area contributed by atoms with Crippen LogP contribution in [0.1, 0.15) is 0 Å². The molecule has 0 saturated carbocycles. The smallest absolute Gasteiger partial charge is 0.872 e. The van der Waals surface area contributed by atoms with Crippen LogP contribution < -0.4 is 79.0 Å². The van der Waals surface area contributed by atoms with Gasteiger partial charge >= 0.3 is 68.9 Å². The molecule has 2 nitrogen and oxygen atoms in total. The van der Waals surface area contributed by atoms with E-state index < -0.39 is 0 Å². The third-order valence-corrected chi connectivity index (χ3v) is 3.58. The molecule has 0 unspecified atom stereocenters. The van der Waals surface area contributed by atoms with Crippen molar-refractivity contribution in [2.45, 2.75) is 0 Å². The molecule has 0 aliphatic carbocycles. The van der Waals surface area contributed by atoms with E-state index in [4.69, 9.17) is 0 Å². The Labute approximate surface area is 162 Å². The van der Waals surface area contributed by atoms with Crippen LogP contribution >= 0.6 is 11.3 Å². The molecular weight excluding hydrogens is 351 g/mol. The zero-order valence-corrected chi connectivity index (χ0v) is 16.5. The van der Waals surface area contributed by atoms with Crippen LogP contribution in [0.2, 0.25) is 0 Å². The zero-order chi connectivity index (χ0) is 11.0. The van der Waals surface area contributed by atoms with Crippen molar-refractivity contribution >= 4 is 21.6 Å². The number of rotatable bonds is 1. The van der Waals surface area contributed by atoms with E-state index >= 15 is 0 Å². The molecule has 0 atom stereocenters. The van der Waals surface area contributed by atoms with Crippen LogP contribution in [0.3, 0.4) is 0 Å². The average Bonchev–Trinajstić information content (AvgIpc) is 2.73. The number of nitrogens with one attached hydrogen (secondary N) is 1. The molecule has 17 heavy (non-hydrogen) atoms. The number of benzene rings is 2. The fraction of sp³-hybridized carbons (Fsp3) is 0. The number of thiazole rings is 1. The molecule has 2 aromatic carbocycles. The summed E-state index contributed by atoms with van der Waals surface area (Å²) in [7, 11) is 0. The molecule has 78 valence electrons. The normalized spacial score (nSPS) is 10.1. The predicted molar refractivity (Wildman–Crippen MR) is 63.3 cm³/mol. The third kappa shape index (κ3) is 2.79. The predicted octanol–water partition coefficient (Wildman–Crippen LogP) is -0.540. The molecule has 3 aromatic rings. The SMILES string of the molecule is [Cs+].[O-]c1ccccc1-c1[nH+]c2ccccc2s1. The summed E-state index contributed by atoms with van der Waals surface area (Å²) in [5.74, 6) is 0.0605. The number of para-hydroxylation sites is 2. The van der Waals surface area contributed by atoms with Gasteiger partial charge in [-0.2, -0.15) is 4.98 Å². The summed E-state index contributed by atoms with van der Waals surface area (Å²) < 4.78 is 1.17. The molecular formula is C13H9CsNOS+. The Hall–Kier alpha value is 0.182. The van der Waals surface area contributed by atoms with Gasteiger partial charge in [0.05, 0.1) is 0 Å². The summed E-state index contributed by atoms with van der Waals surface area (Å²) in [4.78, 5) is 3.27. The van der Waals surface area contributed by atoms with Crippen LogP contribution in [0.25, 0.3) is 20.8 Å². The van der Waals surface area contributed by atoms with Gasteiger partial charge in [-0.25, -0.2) is 0 Å². The minimum atomic E-state index is 0. The van der Waals surface area contributed by atoms with Crippen LogP contribution in [0, 0.1) is 0 Å². The minimum Gasteiger partial charge on any atom is -0.872 e. The molecule has 1 aromatic heterocycles. The van der Waals surface area contributed by atoms with Crippen molar-refractivity contribution in [2.75, 3.05) is 0 Å². The van der Waals surface area contributed by atoms with E-state index in [2.05, 4.69) is 4.98 Å². The maximum absolute atomic E-state index is 11.7. The average molecular weight is 360 g/mol. The molecule has 3 rings (SSSR count). The van der Waals surface area contributed by atoms with Gasteiger partial charge in [-0.15, -0.1) is 0 Å².